The number of nitrogens with one attached hydrogen (secondary N) is 1. The normalized spacial score (nSPS) is 10.5. The number of halogens is 1. The topological polar surface area (TPSA) is 80.2 Å². The van der Waals surface area contributed by atoms with E-state index < -0.39 is 0 Å². The number of benzene rings is 2. The van der Waals surface area contributed by atoms with Crippen LogP contribution in [0.5, 0.6) is 11.5 Å². The van der Waals surface area contributed by atoms with Gasteiger partial charge in [0.15, 0.2) is 18.1 Å². The molecule has 2 rings (SSSR count). The minimum Gasteiger partial charge on any atom is -0.493 e. The number of amides is 1. The number of para-hydroxylation sites is 1. The molecular weight excluding hydrogens is 364 g/mol. The largest absolute Gasteiger partial charge is 0.493 e. The highest BCUT2D eigenvalue weighted by Gasteiger charge is 2.13. The fourth-order valence-electron chi connectivity index (χ4n) is 1.88. The van der Waals surface area contributed by atoms with Gasteiger partial charge in [-0.25, -0.2) is 0 Å². The van der Waals surface area contributed by atoms with E-state index in [1.807, 2.05) is 18.2 Å². The van der Waals surface area contributed by atoms with Crippen molar-refractivity contribution in [2.75, 3.05) is 19.0 Å². The van der Waals surface area contributed by atoms with Crippen molar-refractivity contribution in [2.24, 2.45) is 5.16 Å². The number of nitrogens with zero attached hydrogens (tertiary/aromatic N) is 1. The minimum absolute atomic E-state index is 0.169. The Morgan fingerprint density at radius 1 is 1.35 bits per heavy atom. The maximum atomic E-state index is 11.9. The van der Waals surface area contributed by atoms with E-state index in [4.69, 9.17) is 14.7 Å². The van der Waals surface area contributed by atoms with Crippen LogP contribution < -0.4 is 14.8 Å². The molecule has 0 saturated heterocycles. The smallest absolute Gasteiger partial charge is 0.262 e. The zero-order valence-corrected chi connectivity index (χ0v) is 13.9. The van der Waals surface area contributed by atoms with Crippen molar-refractivity contribution < 1.29 is 19.5 Å². The van der Waals surface area contributed by atoms with Crippen molar-refractivity contribution in [3.63, 3.8) is 0 Å². The van der Waals surface area contributed by atoms with Crippen LogP contribution in [0.15, 0.2) is 52.1 Å². The molecule has 0 spiro atoms. The third-order valence-electron chi connectivity index (χ3n) is 2.86. The first-order chi connectivity index (χ1) is 11.1. The molecule has 2 aromatic carbocycles. The molecule has 0 bridgehead atoms. The molecule has 0 atom stereocenters. The van der Waals surface area contributed by atoms with Crippen LogP contribution in [-0.4, -0.2) is 31.0 Å². The van der Waals surface area contributed by atoms with Crippen LogP contribution in [-0.2, 0) is 4.79 Å². The van der Waals surface area contributed by atoms with Crippen molar-refractivity contribution in [3.05, 3.63) is 52.5 Å². The molecular formula is C16H15BrN2O4. The Bertz CT molecular complexity index is 705. The van der Waals surface area contributed by atoms with E-state index in [-0.39, 0.29) is 12.5 Å². The summed E-state index contributed by atoms with van der Waals surface area (Å²) < 4.78 is 11.4. The lowest BCUT2D eigenvalue weighted by Crippen LogP contribution is -2.20. The van der Waals surface area contributed by atoms with Crippen molar-refractivity contribution in [3.8, 4) is 11.5 Å². The Kier molecular flexibility index (Phi) is 5.99. The highest BCUT2D eigenvalue weighted by Crippen LogP contribution is 2.36. The second-order valence-electron chi connectivity index (χ2n) is 4.48. The molecule has 0 aliphatic carbocycles. The Hall–Kier alpha value is -2.54. The van der Waals surface area contributed by atoms with Crippen LogP contribution in [0, 0.1) is 0 Å². The first-order valence-corrected chi connectivity index (χ1v) is 7.46. The lowest BCUT2D eigenvalue weighted by atomic mass is 10.2. The Morgan fingerprint density at radius 3 is 2.74 bits per heavy atom. The third-order valence-corrected chi connectivity index (χ3v) is 3.45. The van der Waals surface area contributed by atoms with E-state index in [0.29, 0.717) is 27.2 Å². The fraction of sp³-hybridized carbons (Fsp3) is 0.125. The number of hydrogen-bond acceptors (Lipinski definition) is 5. The number of methoxy groups -OCH3 is 1. The van der Waals surface area contributed by atoms with Gasteiger partial charge in [-0.05, 0) is 40.2 Å². The lowest BCUT2D eigenvalue weighted by Gasteiger charge is -2.13. The molecule has 0 aliphatic rings. The molecule has 6 nitrogen and oxygen atoms in total. The van der Waals surface area contributed by atoms with Crippen LogP contribution in [0.4, 0.5) is 5.69 Å². The Morgan fingerprint density at radius 2 is 2.09 bits per heavy atom. The zero-order chi connectivity index (χ0) is 16.7. The first-order valence-electron chi connectivity index (χ1n) is 6.66. The zero-order valence-electron chi connectivity index (χ0n) is 12.3. The molecule has 1 amide bonds. The van der Waals surface area contributed by atoms with Gasteiger partial charge in [-0.15, -0.1) is 0 Å². The van der Waals surface area contributed by atoms with Gasteiger partial charge < -0.3 is 20.0 Å². The maximum Gasteiger partial charge on any atom is 0.262 e. The van der Waals surface area contributed by atoms with E-state index in [1.165, 1.54) is 13.3 Å². The van der Waals surface area contributed by atoms with Crippen molar-refractivity contribution in [2.45, 2.75) is 0 Å². The van der Waals surface area contributed by atoms with Crippen molar-refractivity contribution in [1.29, 1.82) is 0 Å². The third kappa shape index (κ3) is 4.72. The summed E-state index contributed by atoms with van der Waals surface area (Å²) in [5.74, 6) is 0.527. The number of carbonyl (C=O) groups excluding carboxylic acids is 1. The predicted molar refractivity (Wildman–Crippen MR) is 90.6 cm³/mol. The number of hydrogen-bond donors (Lipinski definition) is 2. The molecule has 0 radical (unpaired) electrons. The van der Waals surface area contributed by atoms with Crippen LogP contribution in [0.3, 0.4) is 0 Å². The van der Waals surface area contributed by atoms with Gasteiger partial charge in [0, 0.05) is 11.3 Å². The van der Waals surface area contributed by atoms with Crippen LogP contribution >= 0.6 is 15.9 Å². The second-order valence-corrected chi connectivity index (χ2v) is 5.34. The van der Waals surface area contributed by atoms with Gasteiger partial charge in [0.05, 0.1) is 17.8 Å². The molecule has 0 heterocycles. The number of ether oxygens (including phenoxy) is 2. The average Bonchev–Trinajstić information content (AvgIpc) is 2.54. The second kappa shape index (κ2) is 8.19. The summed E-state index contributed by atoms with van der Waals surface area (Å²) in [5.41, 5.74) is 1.32. The molecule has 23 heavy (non-hydrogen) atoms. The molecule has 0 aromatic heterocycles. The summed E-state index contributed by atoms with van der Waals surface area (Å²) in [5, 5.41) is 14.3. The van der Waals surface area contributed by atoms with Gasteiger partial charge in [0.2, 0.25) is 0 Å². The van der Waals surface area contributed by atoms with Gasteiger partial charge in [-0.3, -0.25) is 4.79 Å². The fourth-order valence-corrected chi connectivity index (χ4v) is 2.45. The molecule has 2 aromatic rings. The molecule has 0 aliphatic heterocycles. The number of carbonyl (C=O) groups is 1. The molecule has 2 N–H and O–H groups in total. The van der Waals surface area contributed by atoms with E-state index in [0.717, 1.165) is 0 Å². The summed E-state index contributed by atoms with van der Waals surface area (Å²) >= 11 is 3.35. The summed E-state index contributed by atoms with van der Waals surface area (Å²) in [6.45, 7) is -0.169. The van der Waals surface area contributed by atoms with E-state index in [1.54, 1.807) is 24.3 Å². The molecule has 120 valence electrons. The molecule has 0 unspecified atom stereocenters. The van der Waals surface area contributed by atoms with Crippen LogP contribution in [0.1, 0.15) is 5.56 Å². The Balaban J connectivity index is 2.06. The summed E-state index contributed by atoms with van der Waals surface area (Å²) in [4.78, 5) is 11.9. The standard InChI is InChI=1S/C16H15BrN2O4/c1-22-14-8-11(9-18-21)7-13(17)16(14)23-10-15(20)19-12-5-3-2-4-6-12/h2-9,21H,10H2,1H3,(H,19,20)/b18-9+. The number of anilines is 1. The highest BCUT2D eigenvalue weighted by molar-refractivity contribution is 9.10. The highest BCUT2D eigenvalue weighted by atomic mass is 79.9. The van der Waals surface area contributed by atoms with E-state index >= 15 is 0 Å². The van der Waals surface area contributed by atoms with Gasteiger partial charge >= 0.3 is 0 Å². The van der Waals surface area contributed by atoms with Crippen molar-refractivity contribution >= 4 is 33.7 Å². The quantitative estimate of drug-likeness (QED) is 0.459. The minimum atomic E-state index is -0.286. The molecule has 0 saturated carbocycles. The first kappa shape index (κ1) is 16.8. The van der Waals surface area contributed by atoms with Crippen LogP contribution in [0.25, 0.3) is 0 Å². The Labute approximate surface area is 141 Å². The summed E-state index contributed by atoms with van der Waals surface area (Å²) in [6, 6.07) is 12.4. The number of rotatable bonds is 6. The van der Waals surface area contributed by atoms with Gasteiger partial charge in [-0.2, -0.15) is 0 Å². The lowest BCUT2D eigenvalue weighted by molar-refractivity contribution is -0.118. The van der Waals surface area contributed by atoms with Gasteiger partial charge in [0.25, 0.3) is 5.91 Å². The van der Waals surface area contributed by atoms with E-state index in [9.17, 15) is 4.79 Å². The average molecular weight is 379 g/mol. The maximum absolute atomic E-state index is 11.9. The van der Waals surface area contributed by atoms with E-state index in [2.05, 4.69) is 26.4 Å². The predicted octanol–water partition coefficient (Wildman–Crippen LogP) is 3.28. The summed E-state index contributed by atoms with van der Waals surface area (Å²) in [7, 11) is 1.48. The SMILES string of the molecule is COc1cc(/C=N/O)cc(Br)c1OCC(=O)Nc1ccccc1. The monoisotopic (exact) mass is 378 g/mol. The van der Waals surface area contributed by atoms with Gasteiger partial charge in [0.1, 0.15) is 0 Å². The number of oxime groups is 1. The molecule has 7 heteroatoms. The van der Waals surface area contributed by atoms with Gasteiger partial charge in [-0.1, -0.05) is 23.4 Å². The van der Waals surface area contributed by atoms with Crippen LogP contribution in [0.2, 0.25) is 0 Å². The van der Waals surface area contributed by atoms with Crippen molar-refractivity contribution in [1.82, 2.24) is 0 Å². The summed E-state index contributed by atoms with van der Waals surface area (Å²) in [6.07, 6.45) is 1.26. The molecule has 0 fully saturated rings.